The summed E-state index contributed by atoms with van der Waals surface area (Å²) in [5.41, 5.74) is 6.38. The van der Waals surface area contributed by atoms with Crippen LogP contribution in [-0.4, -0.2) is 74.4 Å². The van der Waals surface area contributed by atoms with Crippen molar-refractivity contribution in [2.75, 3.05) is 31.6 Å². The largest absolute Gasteiger partial charge is 0.398 e. The van der Waals surface area contributed by atoms with Crippen LogP contribution in [0.4, 0.5) is 5.69 Å². The summed E-state index contributed by atoms with van der Waals surface area (Å²) in [4.78, 5) is 25.5. The van der Waals surface area contributed by atoms with Crippen molar-refractivity contribution in [3.8, 4) is 0 Å². The minimum atomic E-state index is -3.66. The van der Waals surface area contributed by atoms with Crippen molar-refractivity contribution in [1.82, 2.24) is 14.4 Å². The van der Waals surface area contributed by atoms with Crippen LogP contribution in [0.15, 0.2) is 38.0 Å². The van der Waals surface area contributed by atoms with Gasteiger partial charge in [0.15, 0.2) is 14.0 Å². The highest BCUT2D eigenvalue weighted by Crippen LogP contribution is 2.32. The van der Waals surface area contributed by atoms with Crippen molar-refractivity contribution >= 4 is 48.9 Å². The van der Waals surface area contributed by atoms with Gasteiger partial charge in [0.1, 0.15) is 18.6 Å². The Labute approximate surface area is 218 Å². The van der Waals surface area contributed by atoms with E-state index in [0.717, 1.165) is 17.6 Å². The molecule has 3 heterocycles. The van der Waals surface area contributed by atoms with Crippen LogP contribution in [0.3, 0.4) is 0 Å². The molecule has 0 amide bonds. The molecule has 0 bridgehead atoms. The van der Waals surface area contributed by atoms with Crippen molar-refractivity contribution in [3.63, 3.8) is 0 Å². The number of hydrogen-bond acceptors (Lipinski definition) is 12. The number of nitrogens with zero attached hydrogens (tertiary/aromatic N) is 5. The van der Waals surface area contributed by atoms with Crippen molar-refractivity contribution in [2.24, 2.45) is 4.99 Å². The molecule has 0 atom stereocenters. The fourth-order valence-corrected chi connectivity index (χ4v) is 7.84. The third-order valence-corrected chi connectivity index (χ3v) is 10.6. The fraction of sp³-hybridized carbons (Fsp3) is 0.429. The topological polar surface area (TPSA) is 178 Å². The molecule has 1 saturated heterocycles. The molecule has 0 radical (unpaired) electrons. The summed E-state index contributed by atoms with van der Waals surface area (Å²) in [5, 5.41) is 13.7. The third-order valence-electron chi connectivity index (χ3n) is 5.94. The van der Waals surface area contributed by atoms with E-state index >= 15 is 0 Å². The molecule has 4 rings (SSSR count). The molecular formula is C21H26N6O7S3. The molecule has 0 aliphatic carbocycles. The summed E-state index contributed by atoms with van der Waals surface area (Å²) in [6.07, 6.45) is 2.69. The number of aryl methyl sites for hydroxylation is 2. The second-order valence-electron chi connectivity index (χ2n) is 8.71. The predicted octanol–water partition coefficient (Wildman–Crippen LogP) is 1.82. The maximum atomic E-state index is 13.0. The van der Waals surface area contributed by atoms with Gasteiger partial charge in [-0.1, -0.05) is 0 Å². The van der Waals surface area contributed by atoms with Gasteiger partial charge in [0.25, 0.3) is 15.7 Å². The van der Waals surface area contributed by atoms with Gasteiger partial charge < -0.3 is 5.73 Å². The molecule has 1 aromatic heterocycles. The van der Waals surface area contributed by atoms with Gasteiger partial charge in [-0.3, -0.25) is 15.0 Å². The van der Waals surface area contributed by atoms with Gasteiger partial charge in [-0.25, -0.2) is 31.9 Å². The van der Waals surface area contributed by atoms with Crippen LogP contribution in [0, 0.1) is 24.0 Å². The van der Waals surface area contributed by atoms with Crippen LogP contribution in [0.25, 0.3) is 5.70 Å². The minimum Gasteiger partial charge on any atom is -0.398 e. The van der Waals surface area contributed by atoms with E-state index in [1.165, 1.54) is 33.9 Å². The molecule has 37 heavy (non-hydrogen) atoms. The number of nitro groups is 1. The first kappa shape index (κ1) is 27.1. The lowest BCUT2D eigenvalue weighted by atomic mass is 10.1. The number of anilines is 1. The molecule has 2 aliphatic heterocycles. The Morgan fingerprint density at radius 3 is 2.43 bits per heavy atom. The van der Waals surface area contributed by atoms with Crippen molar-refractivity contribution in [1.29, 1.82) is 0 Å². The molecular weight excluding hydrogens is 544 g/mol. The minimum absolute atomic E-state index is 0.0360. The Morgan fingerprint density at radius 1 is 1.19 bits per heavy atom. The van der Waals surface area contributed by atoms with E-state index in [4.69, 9.17) is 10.6 Å². The molecule has 0 spiro atoms. The van der Waals surface area contributed by atoms with E-state index in [9.17, 15) is 26.9 Å². The van der Waals surface area contributed by atoms with E-state index < -0.39 is 24.8 Å². The number of sulfone groups is 1. The highest BCUT2D eigenvalue weighted by molar-refractivity contribution is 7.91. The number of piperidine rings is 1. The summed E-state index contributed by atoms with van der Waals surface area (Å²) in [6, 6.07) is 3.96. The average Bonchev–Trinajstić information content (AvgIpc) is 3.17. The molecule has 2 aliphatic rings. The maximum absolute atomic E-state index is 13.0. The number of aliphatic imine (C=N–C) groups is 1. The quantitative estimate of drug-likeness (QED) is 0.293. The van der Waals surface area contributed by atoms with E-state index in [0.29, 0.717) is 23.5 Å². The van der Waals surface area contributed by atoms with Gasteiger partial charge >= 0.3 is 0 Å². The number of thiazole rings is 1. The van der Waals surface area contributed by atoms with Crippen LogP contribution in [0.1, 0.15) is 29.1 Å². The fourth-order valence-electron chi connectivity index (χ4n) is 4.10. The van der Waals surface area contributed by atoms with E-state index in [-0.39, 0.29) is 57.5 Å². The number of aromatic nitrogens is 1. The van der Waals surface area contributed by atoms with Crippen LogP contribution in [0.5, 0.6) is 0 Å². The molecule has 16 heteroatoms. The number of benzene rings is 1. The highest BCUT2D eigenvalue weighted by Gasteiger charge is 2.35. The number of rotatable bonds is 7. The highest BCUT2D eigenvalue weighted by atomic mass is 32.2. The summed E-state index contributed by atoms with van der Waals surface area (Å²) < 4.78 is 51.6. The van der Waals surface area contributed by atoms with Crippen molar-refractivity contribution in [2.45, 2.75) is 41.9 Å². The lowest BCUT2D eigenvalue weighted by molar-refractivity contribution is -0.430. The second kappa shape index (κ2) is 10.1. The van der Waals surface area contributed by atoms with Gasteiger partial charge in [0, 0.05) is 30.6 Å². The first-order valence-electron chi connectivity index (χ1n) is 11.2. The third kappa shape index (κ3) is 5.67. The number of nitrogen functional groups attached to an aromatic ring is 1. The zero-order chi connectivity index (χ0) is 27.1. The molecule has 2 N–H and O–H groups in total. The van der Waals surface area contributed by atoms with Crippen LogP contribution >= 0.6 is 11.3 Å². The molecule has 0 saturated carbocycles. The van der Waals surface area contributed by atoms with Crippen molar-refractivity contribution < 1.29 is 26.6 Å². The summed E-state index contributed by atoms with van der Waals surface area (Å²) in [6.45, 7) is 3.62. The summed E-state index contributed by atoms with van der Waals surface area (Å²) in [5.74, 6) is 0. The molecule has 1 aromatic carbocycles. The Morgan fingerprint density at radius 2 is 1.86 bits per heavy atom. The van der Waals surface area contributed by atoms with E-state index in [1.807, 2.05) is 0 Å². The standard InChI is InChI=1S/C21H26N6O7S3/c1-13-21(35-14(2)24-13)37(32,33)26-8-6-15(7-9-26)34-25-11-19(27(28)29)20(23-12-25)17-10-16(36(3,30)31)4-5-18(17)22/h4-5,10,12,15H,6-9,11,22H2,1-3H3. The molecule has 2 aromatic rings. The number of hydroxylamine groups is 2. The van der Waals surface area contributed by atoms with Gasteiger partial charge in [-0.05, 0) is 44.9 Å². The maximum Gasteiger partial charge on any atom is 0.294 e. The summed E-state index contributed by atoms with van der Waals surface area (Å²) in [7, 11) is -7.23. The lowest BCUT2D eigenvalue weighted by Gasteiger charge is -2.33. The zero-order valence-electron chi connectivity index (χ0n) is 20.3. The lowest BCUT2D eigenvalue weighted by Crippen LogP contribution is -2.43. The molecule has 0 unspecified atom stereocenters. The second-order valence-corrected chi connectivity index (χ2v) is 14.1. The number of hydrogen-bond donors (Lipinski definition) is 1. The normalized spacial score (nSPS) is 18.0. The molecule has 13 nitrogen and oxygen atoms in total. The van der Waals surface area contributed by atoms with E-state index in [1.54, 1.807) is 13.8 Å². The van der Waals surface area contributed by atoms with Gasteiger partial charge in [0.2, 0.25) is 0 Å². The monoisotopic (exact) mass is 570 g/mol. The smallest absolute Gasteiger partial charge is 0.294 e. The Balaban J connectivity index is 1.46. The summed E-state index contributed by atoms with van der Waals surface area (Å²) >= 11 is 1.14. The average molecular weight is 571 g/mol. The first-order valence-corrected chi connectivity index (χ1v) is 15.3. The predicted molar refractivity (Wildman–Crippen MR) is 138 cm³/mol. The number of sulfonamides is 1. The van der Waals surface area contributed by atoms with Crippen LogP contribution in [0.2, 0.25) is 0 Å². The van der Waals surface area contributed by atoms with E-state index in [2.05, 4.69) is 9.98 Å². The van der Waals surface area contributed by atoms with Crippen molar-refractivity contribution in [3.05, 3.63) is 50.3 Å². The van der Waals surface area contributed by atoms with Gasteiger partial charge in [0.05, 0.1) is 26.6 Å². The zero-order valence-corrected chi connectivity index (χ0v) is 22.8. The number of nitrogens with two attached hydrogens (primary N) is 1. The SMILES string of the molecule is Cc1nc(C)c(S(=O)(=O)N2CCC(ON3C=NC(c4cc(S(C)(=O)=O)ccc4N)=C([N+](=O)[O-])C3)CC2)s1. The van der Waals surface area contributed by atoms with Crippen LogP contribution in [-0.2, 0) is 24.7 Å². The van der Waals surface area contributed by atoms with Gasteiger partial charge in [-0.15, -0.1) is 11.3 Å². The first-order chi connectivity index (χ1) is 17.3. The Bertz CT molecular complexity index is 1510. The van der Waals surface area contributed by atoms with Crippen LogP contribution < -0.4 is 5.73 Å². The molecule has 1 fully saturated rings. The van der Waals surface area contributed by atoms with Gasteiger partial charge in [-0.2, -0.15) is 4.31 Å². The molecule has 200 valence electrons. The Kier molecular flexibility index (Phi) is 7.40. The Hall–Kier alpha value is -2.92.